The van der Waals surface area contributed by atoms with Crippen molar-refractivity contribution in [3.8, 4) is 0 Å². The second-order valence-corrected chi connectivity index (χ2v) is 7.00. The highest BCUT2D eigenvalue weighted by atomic mass is 16.3. The summed E-state index contributed by atoms with van der Waals surface area (Å²) >= 11 is 0. The summed E-state index contributed by atoms with van der Waals surface area (Å²) in [5, 5.41) is 14.9. The predicted octanol–water partition coefficient (Wildman–Crippen LogP) is 1.53. The minimum absolute atomic E-state index is 0.00190. The SMILES string of the molecule is CC(=O)c1ccc2c(c1)[C@]13CCN[C@H](C2)[C@]1(O)CCCC3=O. The first kappa shape index (κ1) is 14.1. The van der Waals surface area contributed by atoms with Crippen LogP contribution in [0.5, 0.6) is 0 Å². The maximum Gasteiger partial charge on any atom is 0.159 e. The van der Waals surface area contributed by atoms with Crippen LogP contribution in [0.1, 0.15) is 54.1 Å². The quantitative estimate of drug-likeness (QED) is 0.772. The number of nitrogens with one attached hydrogen (secondary N) is 1. The Labute approximate surface area is 129 Å². The van der Waals surface area contributed by atoms with Gasteiger partial charge in [-0.15, -0.1) is 0 Å². The van der Waals surface area contributed by atoms with E-state index >= 15 is 0 Å². The Hall–Kier alpha value is -1.52. The van der Waals surface area contributed by atoms with Gasteiger partial charge in [0.2, 0.25) is 0 Å². The van der Waals surface area contributed by atoms with Gasteiger partial charge in [0.05, 0.1) is 11.0 Å². The summed E-state index contributed by atoms with van der Waals surface area (Å²) in [6.45, 7) is 2.28. The lowest BCUT2D eigenvalue weighted by molar-refractivity contribution is -0.158. The van der Waals surface area contributed by atoms with Gasteiger partial charge in [0, 0.05) is 18.0 Å². The molecule has 0 aromatic heterocycles. The topological polar surface area (TPSA) is 66.4 Å². The molecule has 1 aromatic carbocycles. The van der Waals surface area contributed by atoms with E-state index < -0.39 is 11.0 Å². The molecule has 4 heteroatoms. The summed E-state index contributed by atoms with van der Waals surface area (Å²) in [5.74, 6) is 0.149. The van der Waals surface area contributed by atoms with Crippen molar-refractivity contribution < 1.29 is 14.7 Å². The third-order valence-electron chi connectivity index (χ3n) is 6.04. The van der Waals surface area contributed by atoms with Crippen molar-refractivity contribution in [3.63, 3.8) is 0 Å². The molecular formula is C18H21NO3. The largest absolute Gasteiger partial charge is 0.387 e. The average Bonchev–Trinajstić information content (AvgIpc) is 2.47. The van der Waals surface area contributed by atoms with E-state index in [1.54, 1.807) is 6.92 Å². The number of piperidine rings is 1. The van der Waals surface area contributed by atoms with Crippen LogP contribution < -0.4 is 5.32 Å². The van der Waals surface area contributed by atoms with Crippen LogP contribution in [-0.4, -0.2) is 34.9 Å². The van der Waals surface area contributed by atoms with Crippen LogP contribution >= 0.6 is 0 Å². The van der Waals surface area contributed by atoms with Gasteiger partial charge in [0.25, 0.3) is 0 Å². The number of benzene rings is 1. The van der Waals surface area contributed by atoms with Crippen molar-refractivity contribution in [1.82, 2.24) is 5.32 Å². The predicted molar refractivity (Wildman–Crippen MR) is 82.0 cm³/mol. The van der Waals surface area contributed by atoms with E-state index in [-0.39, 0.29) is 17.6 Å². The standard InChI is InChI=1S/C18H21NO3/c1-11(20)12-4-5-13-10-15-18(22)6-2-3-16(21)17(18,7-8-19-15)14(13)9-12/h4-5,9,15,19,22H,2-3,6-8,10H2,1H3/t15-,17+,18-/m1/s1. The van der Waals surface area contributed by atoms with Crippen LogP contribution in [0, 0.1) is 0 Å². The van der Waals surface area contributed by atoms with E-state index in [0.29, 0.717) is 24.8 Å². The number of aliphatic hydroxyl groups is 1. The zero-order chi connectivity index (χ0) is 15.5. The number of carbonyl (C=O) groups excluding carboxylic acids is 2. The summed E-state index contributed by atoms with van der Waals surface area (Å²) < 4.78 is 0. The number of hydrogen-bond donors (Lipinski definition) is 2. The Kier molecular flexibility index (Phi) is 2.88. The molecule has 0 radical (unpaired) electrons. The summed E-state index contributed by atoms with van der Waals surface area (Å²) in [7, 11) is 0. The molecular weight excluding hydrogens is 278 g/mol. The van der Waals surface area contributed by atoms with Crippen LogP contribution in [0.2, 0.25) is 0 Å². The highest BCUT2D eigenvalue weighted by molar-refractivity contribution is 5.97. The average molecular weight is 299 g/mol. The van der Waals surface area contributed by atoms with E-state index in [0.717, 1.165) is 30.5 Å². The molecule has 1 heterocycles. The fraction of sp³-hybridized carbons (Fsp3) is 0.556. The number of hydrogen-bond acceptors (Lipinski definition) is 4. The molecule has 3 aliphatic rings. The van der Waals surface area contributed by atoms with Gasteiger partial charge < -0.3 is 10.4 Å². The monoisotopic (exact) mass is 299 g/mol. The highest BCUT2D eigenvalue weighted by Crippen LogP contribution is 2.54. The molecule has 3 atom stereocenters. The Morgan fingerprint density at radius 1 is 1.36 bits per heavy atom. The van der Waals surface area contributed by atoms with Gasteiger partial charge in [-0.1, -0.05) is 12.1 Å². The lowest BCUT2D eigenvalue weighted by Crippen LogP contribution is -2.74. The van der Waals surface area contributed by atoms with Gasteiger partial charge in [-0.2, -0.15) is 0 Å². The van der Waals surface area contributed by atoms with Crippen molar-refractivity contribution in [3.05, 3.63) is 34.9 Å². The first-order valence-electron chi connectivity index (χ1n) is 8.12. The summed E-state index contributed by atoms with van der Waals surface area (Å²) in [6, 6.07) is 5.61. The van der Waals surface area contributed by atoms with Crippen molar-refractivity contribution in [1.29, 1.82) is 0 Å². The van der Waals surface area contributed by atoms with Gasteiger partial charge in [0.1, 0.15) is 5.78 Å². The molecule has 2 fully saturated rings. The molecule has 116 valence electrons. The van der Waals surface area contributed by atoms with E-state index in [9.17, 15) is 14.7 Å². The maximum absolute atomic E-state index is 12.9. The van der Waals surface area contributed by atoms with Crippen molar-refractivity contribution >= 4 is 11.6 Å². The fourth-order valence-electron chi connectivity index (χ4n) is 4.97. The lowest BCUT2D eigenvalue weighted by atomic mass is 9.49. The van der Waals surface area contributed by atoms with Crippen LogP contribution in [0.25, 0.3) is 0 Å². The Bertz CT molecular complexity index is 683. The molecule has 4 nitrogen and oxygen atoms in total. The minimum atomic E-state index is -1.01. The van der Waals surface area contributed by atoms with Gasteiger partial charge >= 0.3 is 0 Å². The number of Topliss-reactive ketones (excluding diaryl/α,β-unsaturated/α-hetero) is 2. The second kappa shape index (κ2) is 4.49. The molecule has 2 bridgehead atoms. The number of ketones is 2. The Balaban J connectivity index is 2.00. The van der Waals surface area contributed by atoms with Gasteiger partial charge in [-0.25, -0.2) is 0 Å². The van der Waals surface area contributed by atoms with Gasteiger partial charge in [0.15, 0.2) is 5.78 Å². The van der Waals surface area contributed by atoms with Crippen LogP contribution in [0.15, 0.2) is 18.2 Å². The van der Waals surface area contributed by atoms with E-state index in [2.05, 4.69) is 5.32 Å². The highest BCUT2D eigenvalue weighted by Gasteiger charge is 2.65. The van der Waals surface area contributed by atoms with Crippen LogP contribution in [0.4, 0.5) is 0 Å². The third-order valence-corrected chi connectivity index (χ3v) is 6.04. The lowest BCUT2D eigenvalue weighted by Gasteiger charge is -2.59. The molecule has 2 aliphatic carbocycles. The molecule has 1 aliphatic heterocycles. The molecule has 0 amide bonds. The van der Waals surface area contributed by atoms with Crippen molar-refractivity contribution in [2.45, 2.75) is 56.1 Å². The van der Waals surface area contributed by atoms with Crippen molar-refractivity contribution in [2.75, 3.05) is 6.54 Å². The minimum Gasteiger partial charge on any atom is -0.387 e. The third kappa shape index (κ3) is 1.54. The van der Waals surface area contributed by atoms with E-state index in [1.807, 2.05) is 18.2 Å². The molecule has 1 saturated heterocycles. The number of carbonyl (C=O) groups is 2. The Morgan fingerprint density at radius 3 is 2.95 bits per heavy atom. The summed E-state index contributed by atoms with van der Waals surface area (Å²) in [4.78, 5) is 24.7. The Morgan fingerprint density at radius 2 is 2.18 bits per heavy atom. The molecule has 0 unspecified atom stereocenters. The van der Waals surface area contributed by atoms with Gasteiger partial charge in [-0.05, 0) is 56.3 Å². The maximum atomic E-state index is 12.9. The van der Waals surface area contributed by atoms with E-state index in [1.165, 1.54) is 0 Å². The molecule has 1 aromatic rings. The smallest absolute Gasteiger partial charge is 0.159 e. The summed E-state index contributed by atoms with van der Waals surface area (Å²) in [5.41, 5.74) is 0.807. The van der Waals surface area contributed by atoms with Crippen molar-refractivity contribution in [2.24, 2.45) is 0 Å². The first-order valence-corrected chi connectivity index (χ1v) is 8.12. The zero-order valence-electron chi connectivity index (χ0n) is 12.8. The molecule has 4 rings (SSSR count). The molecule has 1 saturated carbocycles. The zero-order valence-corrected chi connectivity index (χ0v) is 12.8. The summed E-state index contributed by atoms with van der Waals surface area (Å²) in [6.07, 6.45) is 3.27. The molecule has 22 heavy (non-hydrogen) atoms. The first-order chi connectivity index (χ1) is 10.5. The molecule has 2 N–H and O–H groups in total. The normalized spacial score (nSPS) is 36.5. The number of fused-ring (bicyclic) bond motifs is 1. The molecule has 0 spiro atoms. The van der Waals surface area contributed by atoms with Crippen LogP contribution in [0.3, 0.4) is 0 Å². The fourth-order valence-corrected chi connectivity index (χ4v) is 4.97. The second-order valence-electron chi connectivity index (χ2n) is 7.00. The van der Waals surface area contributed by atoms with E-state index in [4.69, 9.17) is 0 Å². The van der Waals surface area contributed by atoms with Crippen LogP contribution in [-0.2, 0) is 16.6 Å². The van der Waals surface area contributed by atoms with Gasteiger partial charge in [-0.3, -0.25) is 9.59 Å². The number of rotatable bonds is 1.